The number of carboxylic acid groups (broad SMARTS) is 1. The van der Waals surface area contributed by atoms with Gasteiger partial charge in [-0.25, -0.2) is 13.6 Å². The van der Waals surface area contributed by atoms with Crippen LogP contribution in [0.15, 0.2) is 12.1 Å². The number of methoxy groups -OCH3 is 1. The number of hydrogen-bond donors (Lipinski definition) is 1. The number of benzene rings is 1. The molecule has 0 aliphatic heterocycles. The fourth-order valence-corrected chi connectivity index (χ4v) is 2.55. The largest absolute Gasteiger partial charge is 0.487 e. The van der Waals surface area contributed by atoms with Crippen molar-refractivity contribution in [1.29, 1.82) is 0 Å². The van der Waals surface area contributed by atoms with E-state index < -0.39 is 23.2 Å². The van der Waals surface area contributed by atoms with Crippen molar-refractivity contribution in [3.63, 3.8) is 0 Å². The molecule has 22 heavy (non-hydrogen) atoms. The number of rotatable bonds is 4. The van der Waals surface area contributed by atoms with Crippen molar-refractivity contribution in [2.45, 2.75) is 31.8 Å². The molecule has 0 heterocycles. The van der Waals surface area contributed by atoms with E-state index >= 15 is 0 Å². The molecule has 1 aliphatic rings. The number of aromatic carboxylic acids is 1. The topological polar surface area (TPSA) is 72.8 Å². The molecule has 7 heteroatoms. The number of carboxylic acids is 1. The second kappa shape index (κ2) is 6.72. The van der Waals surface area contributed by atoms with E-state index in [1.54, 1.807) is 0 Å². The average Bonchev–Trinajstić information content (AvgIpc) is 2.49. The summed E-state index contributed by atoms with van der Waals surface area (Å²) in [5.74, 6) is -4.35. The van der Waals surface area contributed by atoms with Crippen LogP contribution in [-0.2, 0) is 9.53 Å². The summed E-state index contributed by atoms with van der Waals surface area (Å²) in [7, 11) is 1.33. The van der Waals surface area contributed by atoms with Crippen LogP contribution in [0.4, 0.5) is 8.78 Å². The normalized spacial score (nSPS) is 21.2. The van der Waals surface area contributed by atoms with Gasteiger partial charge >= 0.3 is 11.9 Å². The van der Waals surface area contributed by atoms with Crippen molar-refractivity contribution in [1.82, 2.24) is 0 Å². The molecule has 1 fully saturated rings. The predicted octanol–water partition coefficient (Wildman–Crippen LogP) is 2.77. The molecule has 0 unspecified atom stereocenters. The first-order valence-electron chi connectivity index (χ1n) is 6.89. The molecule has 1 N–H and O–H groups in total. The lowest BCUT2D eigenvalue weighted by Crippen LogP contribution is -2.28. The first-order valence-corrected chi connectivity index (χ1v) is 6.89. The maximum Gasteiger partial charge on any atom is 0.338 e. The van der Waals surface area contributed by atoms with Crippen LogP contribution in [-0.4, -0.2) is 30.3 Å². The molecule has 0 saturated heterocycles. The lowest BCUT2D eigenvalue weighted by Gasteiger charge is -2.27. The highest BCUT2D eigenvalue weighted by molar-refractivity contribution is 5.88. The minimum atomic E-state index is -1.49. The number of esters is 1. The molecule has 1 aliphatic carbocycles. The third-order valence-corrected chi connectivity index (χ3v) is 3.75. The Morgan fingerprint density at radius 2 is 1.77 bits per heavy atom. The van der Waals surface area contributed by atoms with Gasteiger partial charge in [0.2, 0.25) is 0 Å². The number of carbonyl (C=O) groups excluding carboxylic acids is 1. The van der Waals surface area contributed by atoms with Gasteiger partial charge in [-0.15, -0.1) is 0 Å². The van der Waals surface area contributed by atoms with Crippen molar-refractivity contribution in [3.05, 3.63) is 29.3 Å². The lowest BCUT2D eigenvalue weighted by molar-refractivity contribution is -0.147. The fraction of sp³-hybridized carbons (Fsp3) is 0.467. The van der Waals surface area contributed by atoms with Crippen LogP contribution in [0.5, 0.6) is 5.75 Å². The van der Waals surface area contributed by atoms with E-state index in [0.717, 1.165) is 6.07 Å². The summed E-state index contributed by atoms with van der Waals surface area (Å²) in [4.78, 5) is 22.3. The van der Waals surface area contributed by atoms with Crippen molar-refractivity contribution in [3.8, 4) is 5.75 Å². The van der Waals surface area contributed by atoms with Gasteiger partial charge in [0.1, 0.15) is 5.82 Å². The Morgan fingerprint density at radius 1 is 1.14 bits per heavy atom. The molecule has 0 spiro atoms. The zero-order chi connectivity index (χ0) is 16.3. The molecule has 1 aromatic carbocycles. The van der Waals surface area contributed by atoms with Crippen LogP contribution in [0, 0.1) is 17.6 Å². The number of halogens is 2. The number of ether oxygens (including phenoxy) is 2. The SMILES string of the molecule is COC(=O)[C@H]1CC[C@@H](Oc2cc(C(=O)O)c(F)cc2F)CC1. The molecule has 120 valence electrons. The molecule has 5 nitrogen and oxygen atoms in total. The molecule has 0 aromatic heterocycles. The summed E-state index contributed by atoms with van der Waals surface area (Å²) in [5.41, 5.74) is -0.639. The molecular weight excluding hydrogens is 298 g/mol. The summed E-state index contributed by atoms with van der Waals surface area (Å²) >= 11 is 0. The van der Waals surface area contributed by atoms with Gasteiger partial charge in [-0.3, -0.25) is 4.79 Å². The van der Waals surface area contributed by atoms with Crippen LogP contribution in [0.25, 0.3) is 0 Å². The van der Waals surface area contributed by atoms with Gasteiger partial charge in [-0.1, -0.05) is 0 Å². The minimum absolute atomic E-state index is 0.197. The molecule has 2 rings (SSSR count). The lowest BCUT2D eigenvalue weighted by atomic mass is 9.87. The highest BCUT2D eigenvalue weighted by Gasteiger charge is 2.28. The minimum Gasteiger partial charge on any atom is -0.487 e. The maximum absolute atomic E-state index is 13.7. The summed E-state index contributed by atoms with van der Waals surface area (Å²) in [6.07, 6.45) is 1.78. The molecule has 0 amide bonds. The Balaban J connectivity index is 2.05. The summed E-state index contributed by atoms with van der Waals surface area (Å²) in [6.45, 7) is 0. The first-order chi connectivity index (χ1) is 10.4. The van der Waals surface area contributed by atoms with E-state index in [1.165, 1.54) is 7.11 Å². The van der Waals surface area contributed by atoms with Gasteiger partial charge in [0.15, 0.2) is 11.6 Å². The Hall–Kier alpha value is -2.18. The Kier molecular flexibility index (Phi) is 4.95. The molecule has 0 atom stereocenters. The van der Waals surface area contributed by atoms with E-state index in [-0.39, 0.29) is 23.7 Å². The van der Waals surface area contributed by atoms with E-state index in [1.807, 2.05) is 0 Å². The third-order valence-electron chi connectivity index (χ3n) is 3.75. The van der Waals surface area contributed by atoms with Gasteiger partial charge in [0.05, 0.1) is 24.7 Å². The van der Waals surface area contributed by atoms with Gasteiger partial charge in [-0.05, 0) is 25.7 Å². The van der Waals surface area contributed by atoms with Crippen molar-refractivity contribution in [2.75, 3.05) is 7.11 Å². The Morgan fingerprint density at radius 3 is 2.32 bits per heavy atom. The summed E-state index contributed by atoms with van der Waals surface area (Å²) in [5, 5.41) is 8.84. The first kappa shape index (κ1) is 16.2. The van der Waals surface area contributed by atoms with Crippen LogP contribution in [0.3, 0.4) is 0 Å². The van der Waals surface area contributed by atoms with Crippen molar-refractivity contribution >= 4 is 11.9 Å². The molecule has 1 saturated carbocycles. The third kappa shape index (κ3) is 3.52. The molecule has 1 aromatic rings. The van der Waals surface area contributed by atoms with Crippen LogP contribution in [0.2, 0.25) is 0 Å². The zero-order valence-electron chi connectivity index (χ0n) is 12.0. The average molecular weight is 314 g/mol. The smallest absolute Gasteiger partial charge is 0.338 e. The summed E-state index contributed by atoms with van der Waals surface area (Å²) < 4.78 is 37.1. The second-order valence-corrected chi connectivity index (χ2v) is 5.18. The standard InChI is InChI=1S/C15H16F2O5/c1-21-15(20)8-2-4-9(5-3-8)22-13-6-10(14(18)19)11(16)7-12(13)17/h6-9H,2-5H2,1H3,(H,18,19)/t8-,9+. The maximum atomic E-state index is 13.7. The monoisotopic (exact) mass is 314 g/mol. The predicted molar refractivity (Wildman–Crippen MR) is 71.7 cm³/mol. The Bertz CT molecular complexity index is 580. The fourth-order valence-electron chi connectivity index (χ4n) is 2.55. The number of hydrogen-bond acceptors (Lipinski definition) is 4. The van der Waals surface area contributed by atoms with Gasteiger partial charge in [-0.2, -0.15) is 0 Å². The molecular formula is C15H16F2O5. The highest BCUT2D eigenvalue weighted by atomic mass is 19.1. The van der Waals surface area contributed by atoms with Crippen LogP contribution in [0.1, 0.15) is 36.0 Å². The van der Waals surface area contributed by atoms with Gasteiger partial charge in [0, 0.05) is 12.1 Å². The Labute approximate surface area is 125 Å². The van der Waals surface area contributed by atoms with Gasteiger partial charge < -0.3 is 14.6 Å². The van der Waals surface area contributed by atoms with E-state index in [2.05, 4.69) is 4.74 Å². The van der Waals surface area contributed by atoms with Gasteiger partial charge in [0.25, 0.3) is 0 Å². The molecule has 0 radical (unpaired) electrons. The van der Waals surface area contributed by atoms with E-state index in [4.69, 9.17) is 9.84 Å². The van der Waals surface area contributed by atoms with Crippen LogP contribution < -0.4 is 4.74 Å². The number of carbonyl (C=O) groups is 2. The van der Waals surface area contributed by atoms with E-state index in [9.17, 15) is 18.4 Å². The van der Waals surface area contributed by atoms with Crippen molar-refractivity contribution in [2.24, 2.45) is 5.92 Å². The highest BCUT2D eigenvalue weighted by Crippen LogP contribution is 2.30. The molecule has 0 bridgehead atoms. The zero-order valence-corrected chi connectivity index (χ0v) is 12.0. The van der Waals surface area contributed by atoms with Crippen LogP contribution >= 0.6 is 0 Å². The summed E-state index contributed by atoms with van der Waals surface area (Å²) in [6, 6.07) is 1.35. The van der Waals surface area contributed by atoms with Crippen molar-refractivity contribution < 1.29 is 33.0 Å². The second-order valence-electron chi connectivity index (χ2n) is 5.18. The quantitative estimate of drug-likeness (QED) is 0.865. The van der Waals surface area contributed by atoms with E-state index in [0.29, 0.717) is 31.7 Å².